The third-order valence-electron chi connectivity index (χ3n) is 2.55. The van der Waals surface area contributed by atoms with E-state index in [1.165, 1.54) is 6.07 Å². The molecule has 2 N–H and O–H groups in total. The molecule has 0 radical (unpaired) electrons. The molecule has 0 spiro atoms. The van der Waals surface area contributed by atoms with Crippen LogP contribution >= 0.6 is 11.6 Å². The average Bonchev–Trinajstić information content (AvgIpc) is 2.94. The number of nitrogens with zero attached hydrogens (tertiary/aromatic N) is 2. The van der Waals surface area contributed by atoms with Crippen molar-refractivity contribution in [1.29, 1.82) is 0 Å². The molecule has 0 aromatic carbocycles. The Hall–Kier alpha value is -1.96. The van der Waals surface area contributed by atoms with E-state index in [1.54, 1.807) is 10.8 Å². The summed E-state index contributed by atoms with van der Waals surface area (Å²) in [6, 6.07) is 1.42. The van der Waals surface area contributed by atoms with E-state index in [2.05, 4.69) is 10.3 Å². The molecule has 0 bridgehead atoms. The lowest BCUT2D eigenvalue weighted by Gasteiger charge is -2.05. The number of anilines is 1. The molecule has 2 aromatic rings. The zero-order valence-corrected chi connectivity index (χ0v) is 11.0. The van der Waals surface area contributed by atoms with Crippen LogP contribution in [0.3, 0.4) is 0 Å². The summed E-state index contributed by atoms with van der Waals surface area (Å²) in [6.45, 7) is 2.31. The Morgan fingerprint density at radius 3 is 2.80 bits per heavy atom. The molecule has 20 heavy (non-hydrogen) atoms. The lowest BCUT2D eigenvalue weighted by atomic mass is 10.4. The molecule has 0 unspecified atom stereocenters. The largest absolute Gasteiger partial charge is 0.432 e. The maximum Gasteiger partial charge on any atom is 0.432 e. The van der Waals surface area contributed by atoms with Gasteiger partial charge in [0.25, 0.3) is 5.91 Å². The van der Waals surface area contributed by atoms with Crippen LogP contribution in [-0.2, 0) is 12.7 Å². The number of nitrogens with one attached hydrogen (secondary N) is 2. The number of aryl methyl sites for hydroxylation is 1. The van der Waals surface area contributed by atoms with E-state index in [9.17, 15) is 18.0 Å². The van der Waals surface area contributed by atoms with Crippen LogP contribution in [0.25, 0.3) is 0 Å². The van der Waals surface area contributed by atoms with Gasteiger partial charge < -0.3 is 9.55 Å². The second-order valence-corrected chi connectivity index (χ2v) is 4.36. The van der Waals surface area contributed by atoms with E-state index in [1.807, 2.05) is 11.9 Å². The summed E-state index contributed by atoms with van der Waals surface area (Å²) in [5.41, 5.74) is -0.792. The first-order valence-electron chi connectivity index (χ1n) is 5.60. The topological polar surface area (TPSA) is 62.7 Å². The molecule has 1 amide bonds. The van der Waals surface area contributed by atoms with Crippen molar-refractivity contribution >= 4 is 23.5 Å². The van der Waals surface area contributed by atoms with Crippen LogP contribution in [0.4, 0.5) is 19.1 Å². The van der Waals surface area contributed by atoms with Gasteiger partial charge in [-0.2, -0.15) is 13.2 Å². The van der Waals surface area contributed by atoms with Crippen LogP contribution in [0, 0.1) is 0 Å². The first-order chi connectivity index (χ1) is 9.31. The molecular formula is C11H10ClF3N4O. The molecule has 0 aliphatic heterocycles. The van der Waals surface area contributed by atoms with Gasteiger partial charge in [0.2, 0.25) is 5.95 Å². The standard InChI is InChI=1S/C11H10ClF3N4O/c1-2-19-5-6(12)3-7(19)9(20)18-10-16-4-8(17-10)11(13,14)15/h3-5H,2H2,1H3,(H2,16,17,18,20). The Labute approximate surface area is 116 Å². The average molecular weight is 307 g/mol. The molecule has 9 heteroatoms. The van der Waals surface area contributed by atoms with Crippen molar-refractivity contribution < 1.29 is 18.0 Å². The van der Waals surface area contributed by atoms with Crippen LogP contribution < -0.4 is 5.32 Å². The summed E-state index contributed by atoms with van der Waals surface area (Å²) in [5.74, 6) is -0.871. The summed E-state index contributed by atoms with van der Waals surface area (Å²) >= 11 is 5.78. The number of amides is 1. The zero-order valence-electron chi connectivity index (χ0n) is 10.3. The van der Waals surface area contributed by atoms with Crippen LogP contribution in [-0.4, -0.2) is 20.4 Å². The minimum atomic E-state index is -4.54. The number of aromatic nitrogens is 3. The van der Waals surface area contributed by atoms with E-state index in [0.29, 0.717) is 17.8 Å². The lowest BCUT2D eigenvalue weighted by Crippen LogP contribution is -2.17. The number of hydrogen-bond donors (Lipinski definition) is 2. The Morgan fingerprint density at radius 1 is 1.55 bits per heavy atom. The summed E-state index contributed by atoms with van der Waals surface area (Å²) in [7, 11) is 0. The highest BCUT2D eigenvalue weighted by atomic mass is 35.5. The van der Waals surface area contributed by atoms with Crippen LogP contribution in [0.1, 0.15) is 23.1 Å². The Bertz CT molecular complexity index is 632. The molecule has 5 nitrogen and oxygen atoms in total. The van der Waals surface area contributed by atoms with Gasteiger partial charge in [0, 0.05) is 12.7 Å². The van der Waals surface area contributed by atoms with Crippen LogP contribution in [0.15, 0.2) is 18.5 Å². The molecule has 2 heterocycles. The maximum absolute atomic E-state index is 12.4. The van der Waals surface area contributed by atoms with Gasteiger partial charge in [0.15, 0.2) is 0 Å². The van der Waals surface area contributed by atoms with Crippen molar-refractivity contribution in [3.8, 4) is 0 Å². The fraction of sp³-hybridized carbons (Fsp3) is 0.273. The van der Waals surface area contributed by atoms with Crippen LogP contribution in [0.5, 0.6) is 0 Å². The van der Waals surface area contributed by atoms with Gasteiger partial charge in [-0.1, -0.05) is 11.6 Å². The van der Waals surface area contributed by atoms with Crippen molar-refractivity contribution in [2.75, 3.05) is 5.32 Å². The Morgan fingerprint density at radius 2 is 2.25 bits per heavy atom. The molecule has 2 aromatic heterocycles. The number of halogens is 4. The number of hydrogen-bond acceptors (Lipinski definition) is 2. The second kappa shape index (κ2) is 5.20. The van der Waals surface area contributed by atoms with Gasteiger partial charge in [0.05, 0.1) is 11.2 Å². The molecule has 108 valence electrons. The molecule has 0 fully saturated rings. The number of H-pyrrole nitrogens is 1. The number of carbonyl (C=O) groups excluding carboxylic acids is 1. The third-order valence-corrected chi connectivity index (χ3v) is 2.76. The van der Waals surface area contributed by atoms with Gasteiger partial charge in [0.1, 0.15) is 11.4 Å². The first kappa shape index (κ1) is 14.4. The van der Waals surface area contributed by atoms with Crippen LogP contribution in [0.2, 0.25) is 5.02 Å². The van der Waals surface area contributed by atoms with E-state index < -0.39 is 17.8 Å². The van der Waals surface area contributed by atoms with Gasteiger partial charge >= 0.3 is 6.18 Å². The van der Waals surface area contributed by atoms with E-state index in [4.69, 9.17) is 11.6 Å². The number of rotatable bonds is 3. The predicted molar refractivity (Wildman–Crippen MR) is 66.7 cm³/mol. The summed E-state index contributed by atoms with van der Waals surface area (Å²) in [5, 5.41) is 2.62. The van der Waals surface area contributed by atoms with Gasteiger partial charge in [-0.25, -0.2) is 4.98 Å². The number of imidazole rings is 1. The second-order valence-electron chi connectivity index (χ2n) is 3.93. The van der Waals surface area contributed by atoms with Gasteiger partial charge in [-0.15, -0.1) is 0 Å². The van der Waals surface area contributed by atoms with Crippen molar-refractivity contribution in [2.24, 2.45) is 0 Å². The maximum atomic E-state index is 12.4. The minimum Gasteiger partial charge on any atom is -0.342 e. The fourth-order valence-electron chi connectivity index (χ4n) is 1.63. The fourth-order valence-corrected chi connectivity index (χ4v) is 1.85. The highest BCUT2D eigenvalue weighted by Gasteiger charge is 2.33. The highest BCUT2D eigenvalue weighted by molar-refractivity contribution is 6.31. The summed E-state index contributed by atoms with van der Waals surface area (Å²) < 4.78 is 38.7. The Kier molecular flexibility index (Phi) is 3.76. The molecule has 0 atom stereocenters. The van der Waals surface area contributed by atoms with Gasteiger partial charge in [-0.05, 0) is 13.0 Å². The SMILES string of the molecule is CCn1cc(Cl)cc1C(=O)Nc1ncc(C(F)(F)F)[nH]1. The van der Waals surface area contributed by atoms with E-state index >= 15 is 0 Å². The monoisotopic (exact) mass is 306 g/mol. The molecule has 0 aliphatic rings. The van der Waals surface area contributed by atoms with Crippen molar-refractivity contribution in [2.45, 2.75) is 19.6 Å². The molecule has 0 saturated heterocycles. The predicted octanol–water partition coefficient (Wildman–Crippen LogP) is 3.16. The molecule has 2 rings (SSSR count). The first-order valence-corrected chi connectivity index (χ1v) is 5.98. The lowest BCUT2D eigenvalue weighted by molar-refractivity contribution is -0.140. The molecular weight excluding hydrogens is 297 g/mol. The quantitative estimate of drug-likeness (QED) is 0.915. The summed E-state index contributed by atoms with van der Waals surface area (Å²) in [4.78, 5) is 17.4. The van der Waals surface area contributed by atoms with E-state index in [-0.39, 0.29) is 11.6 Å². The molecule has 0 aliphatic carbocycles. The number of alkyl halides is 3. The summed E-state index contributed by atoms with van der Waals surface area (Å²) in [6.07, 6.45) is -2.37. The third kappa shape index (κ3) is 2.96. The van der Waals surface area contributed by atoms with Gasteiger partial charge in [-0.3, -0.25) is 10.1 Å². The highest BCUT2D eigenvalue weighted by Crippen LogP contribution is 2.28. The van der Waals surface area contributed by atoms with Crippen molar-refractivity contribution in [1.82, 2.24) is 14.5 Å². The number of aromatic amines is 1. The van der Waals surface area contributed by atoms with E-state index in [0.717, 1.165) is 0 Å². The Balaban J connectivity index is 2.17. The van der Waals surface area contributed by atoms with Crippen molar-refractivity contribution in [3.05, 3.63) is 34.9 Å². The normalized spacial score (nSPS) is 11.7. The molecule has 0 saturated carbocycles. The van der Waals surface area contributed by atoms with Crippen molar-refractivity contribution in [3.63, 3.8) is 0 Å². The smallest absolute Gasteiger partial charge is 0.342 e. The minimum absolute atomic E-state index is 0.238. The number of carbonyl (C=O) groups is 1. The zero-order chi connectivity index (χ0) is 14.9.